The van der Waals surface area contributed by atoms with Crippen LogP contribution in [0.15, 0.2) is 58.5 Å². The minimum absolute atomic E-state index is 0.664. The molecule has 140 valence electrons. The third-order valence-corrected chi connectivity index (χ3v) is 5.33. The van der Waals surface area contributed by atoms with E-state index >= 15 is 0 Å². The van der Waals surface area contributed by atoms with E-state index in [4.69, 9.17) is 9.40 Å². The summed E-state index contributed by atoms with van der Waals surface area (Å²) in [5.41, 5.74) is 10.4. The van der Waals surface area contributed by atoms with Crippen molar-refractivity contribution in [1.82, 2.24) is 4.98 Å². The van der Waals surface area contributed by atoms with Crippen molar-refractivity contribution in [2.45, 2.75) is 27.7 Å². The summed E-state index contributed by atoms with van der Waals surface area (Å²) >= 11 is 0. The molecule has 3 nitrogen and oxygen atoms in total. The number of hydrogen-bond donors (Lipinski definition) is 0. The minimum Gasteiger partial charge on any atom is -0.438 e. The molecule has 0 aliphatic carbocycles. The molecule has 0 spiro atoms. The molecule has 2 aromatic heterocycles. The Morgan fingerprint density at radius 1 is 0.964 bits per heavy atom. The van der Waals surface area contributed by atoms with Gasteiger partial charge in [-0.25, -0.2) is 4.98 Å². The Morgan fingerprint density at radius 3 is 2.32 bits per heavy atom. The van der Waals surface area contributed by atoms with E-state index in [0.29, 0.717) is 5.71 Å². The lowest BCUT2D eigenvalue weighted by Gasteiger charge is -2.10. The number of pyridine rings is 1. The van der Waals surface area contributed by atoms with Gasteiger partial charge in [-0.1, -0.05) is 24.3 Å². The molecule has 2 heterocycles. The van der Waals surface area contributed by atoms with Crippen LogP contribution in [-0.4, -0.2) is 17.7 Å². The van der Waals surface area contributed by atoms with Crippen LogP contribution in [0.2, 0.25) is 0 Å². The largest absolute Gasteiger partial charge is 0.438 e. The lowest BCUT2D eigenvalue weighted by molar-refractivity contribution is 0.654. The first-order valence-corrected chi connectivity index (χ1v) is 9.44. The van der Waals surface area contributed by atoms with E-state index < -0.39 is 0 Å². The molecular weight excluding hydrogens is 344 g/mol. The van der Waals surface area contributed by atoms with Crippen molar-refractivity contribution in [3.63, 3.8) is 0 Å². The summed E-state index contributed by atoms with van der Waals surface area (Å²) in [7, 11) is 1.79. The predicted octanol–water partition coefficient (Wildman–Crippen LogP) is 6.49. The highest BCUT2D eigenvalue weighted by atomic mass is 16.3. The van der Waals surface area contributed by atoms with Crippen molar-refractivity contribution in [1.29, 1.82) is 0 Å². The number of hydrogen-bond acceptors (Lipinski definition) is 3. The summed E-state index contributed by atoms with van der Waals surface area (Å²) < 4.78 is 6.12. The molecule has 0 aliphatic heterocycles. The van der Waals surface area contributed by atoms with Crippen LogP contribution in [0.1, 0.15) is 27.8 Å². The smallest absolute Gasteiger partial charge is 0.227 e. The molecule has 2 aromatic carbocycles. The second kappa shape index (κ2) is 6.75. The molecule has 0 saturated carbocycles. The summed E-state index contributed by atoms with van der Waals surface area (Å²) in [4.78, 5) is 9.20. The zero-order valence-electron chi connectivity index (χ0n) is 17.1. The van der Waals surface area contributed by atoms with E-state index in [2.05, 4.69) is 75.7 Å². The first kappa shape index (κ1) is 18.2. The third kappa shape index (κ3) is 2.84. The molecule has 0 N–H and O–H groups in total. The summed E-state index contributed by atoms with van der Waals surface area (Å²) in [6.45, 7) is 12.3. The third-order valence-electron chi connectivity index (χ3n) is 5.33. The summed E-state index contributed by atoms with van der Waals surface area (Å²) in [5, 5.41) is 2.07. The maximum atomic E-state index is 6.12. The highest BCUT2D eigenvalue weighted by Crippen LogP contribution is 2.34. The van der Waals surface area contributed by atoms with Crippen molar-refractivity contribution in [3.05, 3.63) is 76.9 Å². The van der Waals surface area contributed by atoms with Crippen molar-refractivity contribution in [3.8, 4) is 11.3 Å². The fourth-order valence-electron chi connectivity index (χ4n) is 4.12. The number of allylic oxidation sites excluding steroid dienone is 1. The molecule has 0 saturated heterocycles. The molecule has 3 heteroatoms. The lowest BCUT2D eigenvalue weighted by atomic mass is 9.96. The van der Waals surface area contributed by atoms with Crippen LogP contribution >= 0.6 is 0 Å². The van der Waals surface area contributed by atoms with Gasteiger partial charge in [0.1, 0.15) is 5.58 Å². The molecule has 4 rings (SSSR count). The Bertz CT molecular complexity index is 1250. The van der Waals surface area contributed by atoms with Gasteiger partial charge in [-0.15, -0.1) is 0 Å². The highest BCUT2D eigenvalue weighted by Gasteiger charge is 2.15. The van der Waals surface area contributed by atoms with Crippen LogP contribution in [-0.2, 0) is 0 Å². The summed E-state index contributed by atoms with van der Waals surface area (Å²) in [6.07, 6.45) is 1.79. The SMILES string of the molecule is C=CC(=NC)c1cc2c(cc1C)oc1nc(-c3c(C)cc(C)cc3C)ccc12. The zero-order valence-corrected chi connectivity index (χ0v) is 17.1. The van der Waals surface area contributed by atoms with Gasteiger partial charge in [0.2, 0.25) is 5.71 Å². The average Bonchev–Trinajstić information content (AvgIpc) is 2.98. The number of aliphatic imine (C=N–C) groups is 1. The molecule has 0 bridgehead atoms. The molecular formula is C25H24N2O. The van der Waals surface area contributed by atoms with Crippen LogP contribution in [0, 0.1) is 27.7 Å². The fraction of sp³-hybridized carbons (Fsp3) is 0.200. The summed E-state index contributed by atoms with van der Waals surface area (Å²) in [5.74, 6) is 0. The highest BCUT2D eigenvalue weighted by molar-refractivity contribution is 6.14. The Kier molecular flexibility index (Phi) is 4.38. The van der Waals surface area contributed by atoms with Crippen LogP contribution in [0.3, 0.4) is 0 Å². The number of fused-ring (bicyclic) bond motifs is 3. The zero-order chi connectivity index (χ0) is 20.0. The van der Waals surface area contributed by atoms with Gasteiger partial charge in [-0.3, -0.25) is 4.99 Å². The van der Waals surface area contributed by atoms with E-state index in [1.807, 2.05) is 0 Å². The van der Waals surface area contributed by atoms with Gasteiger partial charge < -0.3 is 4.42 Å². The molecule has 0 amide bonds. The van der Waals surface area contributed by atoms with Crippen LogP contribution in [0.25, 0.3) is 33.3 Å². The topological polar surface area (TPSA) is 38.4 Å². The molecule has 28 heavy (non-hydrogen) atoms. The van der Waals surface area contributed by atoms with Crippen LogP contribution < -0.4 is 0 Å². The Labute approximate surface area is 165 Å². The molecule has 0 atom stereocenters. The van der Waals surface area contributed by atoms with Gasteiger partial charge in [-0.05, 0) is 74.7 Å². The van der Waals surface area contributed by atoms with Gasteiger partial charge in [0.05, 0.1) is 11.4 Å². The van der Waals surface area contributed by atoms with Crippen LogP contribution in [0.5, 0.6) is 0 Å². The maximum Gasteiger partial charge on any atom is 0.227 e. The number of benzene rings is 2. The molecule has 0 fully saturated rings. The quantitative estimate of drug-likeness (QED) is 0.388. The number of rotatable bonds is 3. The maximum absolute atomic E-state index is 6.12. The number of furan rings is 1. The van der Waals surface area contributed by atoms with Gasteiger partial charge in [0.25, 0.3) is 0 Å². The number of aryl methyl sites for hydroxylation is 4. The molecule has 4 aromatic rings. The van der Waals surface area contributed by atoms with Crippen LogP contribution in [0.4, 0.5) is 0 Å². The Balaban J connectivity index is 1.95. The average molecular weight is 368 g/mol. The lowest BCUT2D eigenvalue weighted by Crippen LogP contribution is -1.99. The van der Waals surface area contributed by atoms with E-state index in [1.54, 1.807) is 13.1 Å². The second-order valence-corrected chi connectivity index (χ2v) is 7.40. The van der Waals surface area contributed by atoms with Gasteiger partial charge in [0.15, 0.2) is 0 Å². The van der Waals surface area contributed by atoms with Gasteiger partial charge in [0, 0.05) is 28.9 Å². The van der Waals surface area contributed by atoms with Crippen molar-refractivity contribution >= 4 is 27.8 Å². The molecule has 0 aliphatic rings. The van der Waals surface area contributed by atoms with Gasteiger partial charge >= 0.3 is 0 Å². The summed E-state index contributed by atoms with van der Waals surface area (Å²) in [6, 6.07) is 12.8. The van der Waals surface area contributed by atoms with Crippen molar-refractivity contribution < 1.29 is 4.42 Å². The standard InChI is InChI=1S/C25H24N2O/c1-7-21(26-6)19-13-20-18-8-9-22(24-16(4)10-14(2)11-17(24)5)27-25(18)28-23(20)12-15(19)3/h7-13H,1H2,2-6H3. The number of nitrogens with zero attached hydrogens (tertiary/aromatic N) is 2. The first-order valence-electron chi connectivity index (χ1n) is 9.44. The fourth-order valence-corrected chi connectivity index (χ4v) is 4.12. The Hall–Kier alpha value is -3.20. The molecule has 0 unspecified atom stereocenters. The number of aromatic nitrogens is 1. The van der Waals surface area contributed by atoms with Gasteiger partial charge in [-0.2, -0.15) is 0 Å². The Morgan fingerprint density at radius 2 is 1.68 bits per heavy atom. The van der Waals surface area contributed by atoms with E-state index in [-0.39, 0.29) is 0 Å². The normalized spacial score (nSPS) is 12.1. The van der Waals surface area contributed by atoms with Crippen molar-refractivity contribution in [2.75, 3.05) is 7.05 Å². The second-order valence-electron chi connectivity index (χ2n) is 7.40. The first-order chi connectivity index (χ1) is 13.4. The monoisotopic (exact) mass is 368 g/mol. The van der Waals surface area contributed by atoms with E-state index in [9.17, 15) is 0 Å². The minimum atomic E-state index is 0.664. The predicted molar refractivity (Wildman–Crippen MR) is 119 cm³/mol. The van der Waals surface area contributed by atoms with E-state index in [0.717, 1.165) is 38.9 Å². The van der Waals surface area contributed by atoms with Crippen molar-refractivity contribution in [2.24, 2.45) is 4.99 Å². The molecule has 0 radical (unpaired) electrons. The van der Waals surface area contributed by atoms with E-state index in [1.165, 1.54) is 22.3 Å².